The van der Waals surface area contributed by atoms with E-state index in [1.54, 1.807) is 6.92 Å². The molecule has 2 N–H and O–H groups in total. The summed E-state index contributed by atoms with van der Waals surface area (Å²) in [5, 5.41) is 12.4. The maximum atomic E-state index is 12.0. The number of hydrogen-bond donors (Lipinski definition) is 2. The Labute approximate surface area is 123 Å². The number of carbonyl (C=O) groups excluding carboxylic acids is 1. The van der Waals surface area contributed by atoms with Crippen molar-refractivity contribution in [2.75, 3.05) is 5.32 Å². The quantitative estimate of drug-likeness (QED) is 0.632. The smallest absolute Gasteiger partial charge is 0.259 e. The van der Waals surface area contributed by atoms with Gasteiger partial charge in [-0.15, -0.1) is 0 Å². The van der Waals surface area contributed by atoms with Crippen molar-refractivity contribution in [2.24, 2.45) is 0 Å². The van der Waals surface area contributed by atoms with Crippen molar-refractivity contribution in [3.63, 3.8) is 0 Å². The zero-order valence-corrected chi connectivity index (χ0v) is 11.9. The molecule has 2 rings (SSSR count). The van der Waals surface area contributed by atoms with Crippen molar-refractivity contribution in [1.29, 1.82) is 0 Å². The highest BCUT2D eigenvalue weighted by atomic mass is 35.5. The van der Waals surface area contributed by atoms with Crippen LogP contribution in [0.2, 0.25) is 15.1 Å². The van der Waals surface area contributed by atoms with Crippen LogP contribution in [0.1, 0.15) is 16.1 Å². The monoisotopic (exact) mass is 319 g/mol. The van der Waals surface area contributed by atoms with E-state index in [0.29, 0.717) is 11.3 Å². The molecule has 0 fully saturated rings. The first-order valence-electron chi connectivity index (χ1n) is 5.13. The Balaban J connectivity index is 2.40. The summed E-state index contributed by atoms with van der Waals surface area (Å²) in [6.07, 6.45) is 1.39. The number of carbonyl (C=O) groups is 1. The fraction of sp³-hybridized carbons (Fsp3) is 0.0833. The van der Waals surface area contributed by atoms with E-state index in [0.717, 1.165) is 0 Å². The zero-order chi connectivity index (χ0) is 14.2. The first kappa shape index (κ1) is 14.1. The van der Waals surface area contributed by atoms with Crippen LogP contribution in [0.3, 0.4) is 0 Å². The van der Waals surface area contributed by atoms with Gasteiger partial charge in [-0.05, 0) is 19.1 Å². The van der Waals surface area contributed by atoms with E-state index >= 15 is 0 Å². The molecule has 0 saturated carbocycles. The van der Waals surface area contributed by atoms with Crippen molar-refractivity contribution in [2.45, 2.75) is 6.92 Å². The summed E-state index contributed by atoms with van der Waals surface area (Å²) in [6, 6.07) is 2.79. The van der Waals surface area contributed by atoms with E-state index in [2.05, 4.69) is 5.32 Å². The lowest BCUT2D eigenvalue weighted by atomic mass is 10.2. The minimum absolute atomic E-state index is 0.00591. The molecule has 19 heavy (non-hydrogen) atoms. The van der Waals surface area contributed by atoms with Gasteiger partial charge in [0.15, 0.2) is 5.75 Å². The number of halogens is 3. The number of aromatic hydroxyl groups is 1. The molecule has 7 heteroatoms. The van der Waals surface area contributed by atoms with Crippen LogP contribution in [0, 0.1) is 6.92 Å². The maximum absolute atomic E-state index is 12.0. The van der Waals surface area contributed by atoms with E-state index in [4.69, 9.17) is 39.2 Å². The normalized spacial score (nSPS) is 10.5. The Morgan fingerprint density at radius 1 is 1.32 bits per heavy atom. The molecule has 1 aromatic carbocycles. The Hall–Kier alpha value is -1.36. The summed E-state index contributed by atoms with van der Waals surface area (Å²) in [5.41, 5.74) is 0.288. The third-order valence-electron chi connectivity index (χ3n) is 2.49. The second kappa shape index (κ2) is 5.33. The molecule has 0 radical (unpaired) electrons. The van der Waals surface area contributed by atoms with Crippen molar-refractivity contribution in [1.82, 2.24) is 0 Å². The van der Waals surface area contributed by atoms with Crippen LogP contribution in [0.5, 0.6) is 5.75 Å². The standard InChI is InChI=1S/C12H8Cl3NO3/c1-5-6(2-3-19-5)12(18)16-10-9(15)7(13)4-8(14)11(10)17/h2-4,17H,1H3,(H,16,18). The maximum Gasteiger partial charge on any atom is 0.259 e. The van der Waals surface area contributed by atoms with Crippen molar-refractivity contribution < 1.29 is 14.3 Å². The number of anilines is 1. The number of aryl methyl sites for hydroxylation is 1. The van der Waals surface area contributed by atoms with E-state index in [-0.39, 0.29) is 26.5 Å². The third-order valence-corrected chi connectivity index (χ3v) is 3.56. The number of rotatable bonds is 2. The highest BCUT2D eigenvalue weighted by molar-refractivity contribution is 6.46. The van der Waals surface area contributed by atoms with Crippen LogP contribution in [-0.2, 0) is 0 Å². The van der Waals surface area contributed by atoms with Gasteiger partial charge in [0.05, 0.1) is 26.9 Å². The molecule has 0 aliphatic carbocycles. The van der Waals surface area contributed by atoms with Gasteiger partial charge in [0.1, 0.15) is 11.4 Å². The van der Waals surface area contributed by atoms with Crippen molar-refractivity contribution in [3.8, 4) is 5.75 Å². The third kappa shape index (κ3) is 2.66. The molecular weight excluding hydrogens is 312 g/mol. The predicted octanol–water partition coefficient (Wildman–Crippen LogP) is 4.51. The fourth-order valence-electron chi connectivity index (χ4n) is 1.50. The van der Waals surface area contributed by atoms with Gasteiger partial charge in [0.2, 0.25) is 0 Å². The molecule has 0 unspecified atom stereocenters. The Morgan fingerprint density at radius 3 is 2.58 bits per heavy atom. The Kier molecular flexibility index (Phi) is 3.94. The number of amides is 1. The van der Waals surface area contributed by atoms with Gasteiger partial charge in [0.25, 0.3) is 5.91 Å². The van der Waals surface area contributed by atoms with Crippen LogP contribution >= 0.6 is 34.8 Å². The molecule has 1 amide bonds. The average Bonchev–Trinajstić information content (AvgIpc) is 2.78. The van der Waals surface area contributed by atoms with Gasteiger partial charge < -0.3 is 14.8 Å². The van der Waals surface area contributed by atoms with E-state index in [1.807, 2.05) is 0 Å². The van der Waals surface area contributed by atoms with Crippen LogP contribution < -0.4 is 5.32 Å². The summed E-state index contributed by atoms with van der Waals surface area (Å²) in [7, 11) is 0. The molecule has 100 valence electrons. The number of phenolic OH excluding ortho intramolecular Hbond substituents is 1. The average molecular weight is 321 g/mol. The molecule has 1 aromatic heterocycles. The molecule has 4 nitrogen and oxygen atoms in total. The van der Waals surface area contributed by atoms with Crippen molar-refractivity contribution >= 4 is 46.4 Å². The zero-order valence-electron chi connectivity index (χ0n) is 9.63. The van der Waals surface area contributed by atoms with Crippen LogP contribution in [0.15, 0.2) is 22.8 Å². The van der Waals surface area contributed by atoms with Crippen LogP contribution in [-0.4, -0.2) is 11.0 Å². The van der Waals surface area contributed by atoms with E-state index < -0.39 is 5.91 Å². The summed E-state index contributed by atoms with van der Waals surface area (Å²) in [4.78, 5) is 12.0. The SMILES string of the molecule is Cc1occc1C(=O)Nc1c(O)c(Cl)cc(Cl)c1Cl. The van der Waals surface area contributed by atoms with Gasteiger partial charge in [0, 0.05) is 0 Å². The second-order valence-corrected chi connectivity index (χ2v) is 4.91. The molecule has 0 spiro atoms. The van der Waals surface area contributed by atoms with Gasteiger partial charge in [-0.25, -0.2) is 0 Å². The van der Waals surface area contributed by atoms with Crippen LogP contribution in [0.25, 0.3) is 0 Å². The molecule has 0 atom stereocenters. The lowest BCUT2D eigenvalue weighted by Crippen LogP contribution is -2.12. The summed E-state index contributed by atoms with van der Waals surface area (Å²) >= 11 is 17.5. The van der Waals surface area contributed by atoms with Crippen LogP contribution in [0.4, 0.5) is 5.69 Å². The van der Waals surface area contributed by atoms with E-state index in [9.17, 15) is 9.90 Å². The number of furan rings is 1. The van der Waals surface area contributed by atoms with Gasteiger partial charge >= 0.3 is 0 Å². The van der Waals surface area contributed by atoms with Gasteiger partial charge in [-0.1, -0.05) is 34.8 Å². The van der Waals surface area contributed by atoms with Gasteiger partial charge in [-0.2, -0.15) is 0 Å². The highest BCUT2D eigenvalue weighted by Crippen LogP contribution is 2.42. The molecule has 2 aromatic rings. The minimum Gasteiger partial charge on any atom is -0.504 e. The first-order chi connectivity index (χ1) is 8.91. The lowest BCUT2D eigenvalue weighted by molar-refractivity contribution is 0.102. The highest BCUT2D eigenvalue weighted by Gasteiger charge is 2.19. The fourth-order valence-corrected chi connectivity index (χ4v) is 2.16. The topological polar surface area (TPSA) is 62.5 Å². The first-order valence-corrected chi connectivity index (χ1v) is 6.27. The molecule has 0 aliphatic heterocycles. The van der Waals surface area contributed by atoms with Gasteiger partial charge in [-0.3, -0.25) is 4.79 Å². The second-order valence-electron chi connectivity index (χ2n) is 3.72. The number of hydrogen-bond acceptors (Lipinski definition) is 3. The Bertz CT molecular complexity index is 626. The predicted molar refractivity (Wildman–Crippen MR) is 74.5 cm³/mol. The van der Waals surface area contributed by atoms with E-state index in [1.165, 1.54) is 18.4 Å². The summed E-state index contributed by atoms with van der Waals surface area (Å²) in [5.74, 6) is -0.381. The molecule has 0 aliphatic rings. The summed E-state index contributed by atoms with van der Waals surface area (Å²) in [6.45, 7) is 1.64. The molecular formula is C12H8Cl3NO3. The molecule has 0 saturated heterocycles. The number of benzene rings is 1. The molecule has 1 heterocycles. The largest absolute Gasteiger partial charge is 0.504 e. The van der Waals surface area contributed by atoms with Crippen molar-refractivity contribution in [3.05, 3.63) is 44.8 Å². The number of nitrogens with one attached hydrogen (secondary N) is 1. The molecule has 0 bridgehead atoms. The Morgan fingerprint density at radius 2 is 2.00 bits per heavy atom. The minimum atomic E-state index is -0.484. The summed E-state index contributed by atoms with van der Waals surface area (Å²) < 4.78 is 5.02. The number of phenols is 1. The lowest BCUT2D eigenvalue weighted by Gasteiger charge is -2.11.